The third kappa shape index (κ3) is 9.56. The minimum atomic E-state index is -1.04. The number of pyridine rings is 2. The van der Waals surface area contributed by atoms with Gasteiger partial charge < -0.3 is 21.1 Å². The van der Waals surface area contributed by atoms with Gasteiger partial charge in [0.15, 0.2) is 0 Å². The van der Waals surface area contributed by atoms with Gasteiger partial charge in [0.05, 0.1) is 21.1 Å². The molecule has 0 saturated heterocycles. The number of anilines is 2. The van der Waals surface area contributed by atoms with Gasteiger partial charge in [0.2, 0.25) is 0 Å². The Morgan fingerprint density at radius 1 is 0.970 bits per heavy atom. The molecule has 0 aliphatic heterocycles. The van der Waals surface area contributed by atoms with Gasteiger partial charge in [-0.25, -0.2) is 14.8 Å². The van der Waals surface area contributed by atoms with Crippen molar-refractivity contribution in [2.45, 2.75) is 59.2 Å². The van der Waals surface area contributed by atoms with E-state index in [9.17, 15) is 9.59 Å². The van der Waals surface area contributed by atoms with Gasteiger partial charge in [-0.1, -0.05) is 29.1 Å². The van der Waals surface area contributed by atoms with Crippen LogP contribution in [0.5, 0.6) is 0 Å². The van der Waals surface area contributed by atoms with Crippen molar-refractivity contribution in [3.05, 3.63) is 45.7 Å². The highest BCUT2D eigenvalue weighted by atomic mass is 35.5. The Hall–Kier alpha value is -3.02. The zero-order chi connectivity index (χ0) is 25.3. The number of rotatable bonds is 7. The minimum Gasteiger partial charge on any atom is -0.478 e. The first-order valence-corrected chi connectivity index (χ1v) is 10.9. The second-order valence-electron chi connectivity index (χ2n) is 8.23. The second-order valence-corrected chi connectivity index (χ2v) is 9.10. The molecule has 2 aromatic rings. The van der Waals surface area contributed by atoms with Crippen LogP contribution >= 0.6 is 23.2 Å². The van der Waals surface area contributed by atoms with E-state index < -0.39 is 11.5 Å². The van der Waals surface area contributed by atoms with E-state index in [0.29, 0.717) is 27.2 Å². The number of amides is 1. The molecule has 0 aromatic carbocycles. The zero-order valence-corrected chi connectivity index (χ0v) is 21.0. The van der Waals surface area contributed by atoms with Crippen LogP contribution in [0.3, 0.4) is 0 Å². The molecule has 0 aliphatic carbocycles. The Labute approximate surface area is 204 Å². The molecule has 1 amide bonds. The van der Waals surface area contributed by atoms with Crippen molar-refractivity contribution >= 4 is 46.7 Å². The van der Waals surface area contributed by atoms with Crippen LogP contribution in [0.4, 0.5) is 11.6 Å². The number of nitrogens with one attached hydrogen (secondary N) is 3. The van der Waals surface area contributed by atoms with Gasteiger partial charge >= 0.3 is 5.97 Å². The van der Waals surface area contributed by atoms with E-state index in [2.05, 4.69) is 31.8 Å². The predicted molar refractivity (Wildman–Crippen MR) is 133 cm³/mol. The SMILES string of the molecule is C#CC(C)(C)NC(=O)c1cc(Cl)cnc1NC(C)C.CC(C)Nc1ncc(Cl)cc1C(=O)O. The Balaban J connectivity index is 0.000000346. The van der Waals surface area contributed by atoms with E-state index >= 15 is 0 Å². The van der Waals surface area contributed by atoms with Gasteiger partial charge in [-0.15, -0.1) is 6.42 Å². The zero-order valence-electron chi connectivity index (χ0n) is 19.5. The van der Waals surface area contributed by atoms with Gasteiger partial charge in [0.1, 0.15) is 17.2 Å². The summed E-state index contributed by atoms with van der Waals surface area (Å²) in [6.07, 6.45) is 8.27. The standard InChI is InChI=1S/C14H18ClN3O.C9H11ClN2O2/c1-6-14(4,5)18-13(19)11-7-10(15)8-16-12(11)17-9(2)3;1-5(2)12-8-7(9(13)14)3-6(10)4-11-8/h1,7-9H,2-5H3,(H,16,17)(H,18,19);3-5H,1-2H3,(H,11,12)(H,13,14). The molecule has 178 valence electrons. The van der Waals surface area contributed by atoms with Crippen molar-refractivity contribution in [3.8, 4) is 12.3 Å². The van der Waals surface area contributed by atoms with Crippen LogP contribution in [0.25, 0.3) is 0 Å². The third-order valence-electron chi connectivity index (χ3n) is 3.82. The summed E-state index contributed by atoms with van der Waals surface area (Å²) < 4.78 is 0. The van der Waals surface area contributed by atoms with E-state index in [1.165, 1.54) is 18.5 Å². The predicted octanol–water partition coefficient (Wildman–Crippen LogP) is 4.95. The number of carboxylic acids is 1. The Morgan fingerprint density at radius 3 is 1.79 bits per heavy atom. The van der Waals surface area contributed by atoms with Crippen LogP contribution in [0, 0.1) is 12.3 Å². The average molecular weight is 494 g/mol. The number of hydrogen-bond acceptors (Lipinski definition) is 6. The Kier molecular flexibility index (Phi) is 10.4. The molecule has 33 heavy (non-hydrogen) atoms. The fraction of sp³-hybridized carbons (Fsp3) is 0.391. The molecule has 0 fully saturated rings. The molecule has 2 rings (SSSR count). The van der Waals surface area contributed by atoms with Gasteiger partial charge in [-0.2, -0.15) is 0 Å². The molecule has 2 heterocycles. The maximum absolute atomic E-state index is 12.2. The lowest BCUT2D eigenvalue weighted by molar-refractivity contribution is 0.0697. The number of carboxylic acid groups (broad SMARTS) is 1. The lowest BCUT2D eigenvalue weighted by Crippen LogP contribution is -2.42. The molecule has 0 aliphatic rings. The quantitative estimate of drug-likeness (QED) is 0.403. The largest absolute Gasteiger partial charge is 0.478 e. The van der Waals surface area contributed by atoms with Gasteiger partial charge in [0.25, 0.3) is 5.91 Å². The van der Waals surface area contributed by atoms with E-state index in [0.717, 1.165) is 0 Å². The summed E-state index contributed by atoms with van der Waals surface area (Å²) in [6, 6.07) is 3.23. The van der Waals surface area contributed by atoms with E-state index in [4.69, 9.17) is 34.7 Å². The Bertz CT molecular complexity index is 1030. The number of carbonyl (C=O) groups is 2. The number of hydrogen-bond donors (Lipinski definition) is 4. The topological polar surface area (TPSA) is 116 Å². The lowest BCUT2D eigenvalue weighted by Gasteiger charge is -2.21. The van der Waals surface area contributed by atoms with Crippen LogP contribution in [0.1, 0.15) is 62.3 Å². The molecule has 4 N–H and O–H groups in total. The minimum absolute atomic E-state index is 0.0891. The maximum Gasteiger partial charge on any atom is 0.339 e. The van der Waals surface area contributed by atoms with Gasteiger partial charge in [-0.05, 0) is 53.7 Å². The molecule has 0 unspecified atom stereocenters. The van der Waals surface area contributed by atoms with Crippen molar-refractivity contribution in [1.29, 1.82) is 0 Å². The second kappa shape index (κ2) is 12.3. The summed E-state index contributed by atoms with van der Waals surface area (Å²) in [4.78, 5) is 31.1. The van der Waals surface area contributed by atoms with Crippen molar-refractivity contribution in [1.82, 2.24) is 15.3 Å². The molecule has 10 heteroatoms. The monoisotopic (exact) mass is 493 g/mol. The first-order valence-electron chi connectivity index (χ1n) is 10.1. The number of halogens is 2. The Morgan fingerprint density at radius 2 is 1.39 bits per heavy atom. The molecule has 0 atom stereocenters. The van der Waals surface area contributed by atoms with Crippen LogP contribution < -0.4 is 16.0 Å². The number of nitrogens with zero attached hydrogens (tertiary/aromatic N) is 2. The summed E-state index contributed by atoms with van der Waals surface area (Å²) in [7, 11) is 0. The van der Waals surface area contributed by atoms with E-state index in [1.807, 2.05) is 27.7 Å². The highest BCUT2D eigenvalue weighted by Crippen LogP contribution is 2.20. The number of aromatic carboxylic acids is 1. The smallest absolute Gasteiger partial charge is 0.339 e. The molecule has 0 spiro atoms. The highest BCUT2D eigenvalue weighted by Gasteiger charge is 2.21. The third-order valence-corrected chi connectivity index (χ3v) is 4.23. The van der Waals surface area contributed by atoms with E-state index in [-0.39, 0.29) is 23.6 Å². The molecule has 0 saturated carbocycles. The summed E-state index contributed by atoms with van der Waals surface area (Å²) in [5.41, 5.74) is -0.259. The summed E-state index contributed by atoms with van der Waals surface area (Å²) in [5, 5.41) is 18.4. The number of terminal acetylenes is 1. The molecule has 2 aromatic heterocycles. The van der Waals surface area contributed by atoms with Crippen molar-refractivity contribution in [3.63, 3.8) is 0 Å². The molecular weight excluding hydrogens is 465 g/mol. The molecular formula is C23H29Cl2N5O3. The number of carbonyl (C=O) groups excluding carboxylic acids is 1. The van der Waals surface area contributed by atoms with Crippen LogP contribution in [-0.2, 0) is 0 Å². The molecule has 8 nitrogen and oxygen atoms in total. The highest BCUT2D eigenvalue weighted by molar-refractivity contribution is 6.31. The van der Waals surface area contributed by atoms with Gasteiger partial charge in [-0.3, -0.25) is 4.79 Å². The van der Waals surface area contributed by atoms with Crippen molar-refractivity contribution in [2.24, 2.45) is 0 Å². The van der Waals surface area contributed by atoms with Gasteiger partial charge in [0, 0.05) is 24.5 Å². The van der Waals surface area contributed by atoms with Crippen molar-refractivity contribution in [2.75, 3.05) is 10.6 Å². The van der Waals surface area contributed by atoms with Crippen LogP contribution in [-0.4, -0.2) is 44.6 Å². The lowest BCUT2D eigenvalue weighted by atomic mass is 10.1. The summed E-state index contributed by atoms with van der Waals surface area (Å²) in [6.45, 7) is 11.2. The first-order chi connectivity index (χ1) is 15.3. The fourth-order valence-electron chi connectivity index (χ4n) is 2.38. The van der Waals surface area contributed by atoms with E-state index in [1.54, 1.807) is 19.9 Å². The average Bonchev–Trinajstić information content (AvgIpc) is 2.70. The normalized spacial score (nSPS) is 10.7. The first kappa shape index (κ1) is 28.0. The van der Waals surface area contributed by atoms with Crippen LogP contribution in [0.15, 0.2) is 24.5 Å². The maximum atomic E-state index is 12.2. The summed E-state index contributed by atoms with van der Waals surface area (Å²) >= 11 is 11.5. The molecule has 0 radical (unpaired) electrons. The number of aromatic nitrogens is 2. The molecule has 0 bridgehead atoms. The summed E-state index contributed by atoms with van der Waals surface area (Å²) in [5.74, 6) is 2.00. The van der Waals surface area contributed by atoms with Crippen molar-refractivity contribution < 1.29 is 14.7 Å². The van der Waals surface area contributed by atoms with Crippen LogP contribution in [0.2, 0.25) is 10.0 Å². The fourth-order valence-corrected chi connectivity index (χ4v) is 2.69.